The van der Waals surface area contributed by atoms with Crippen molar-refractivity contribution in [2.24, 2.45) is 5.92 Å². The van der Waals surface area contributed by atoms with Crippen LogP contribution >= 0.6 is 0 Å². The molecule has 0 aliphatic heterocycles. The molecule has 1 atom stereocenters. The number of rotatable bonds is 6. The van der Waals surface area contributed by atoms with E-state index in [1.54, 1.807) is 0 Å². The molecule has 0 aliphatic carbocycles. The predicted octanol–water partition coefficient (Wildman–Crippen LogP) is 1.41. The molecule has 3 nitrogen and oxygen atoms in total. The number of nitrogens with one attached hydrogen (secondary N) is 1. The Labute approximate surface area is 91.1 Å². The van der Waals surface area contributed by atoms with Crippen molar-refractivity contribution in [2.45, 2.75) is 13.5 Å². The topological polar surface area (TPSA) is 41.5 Å². The molecule has 0 radical (unpaired) electrons. The number of hydrogen-bond acceptors (Lipinski definition) is 3. The predicted molar refractivity (Wildman–Crippen MR) is 61.0 cm³/mol. The number of aliphatic hydroxyl groups excluding tert-OH is 1. The lowest BCUT2D eigenvalue weighted by molar-refractivity contribution is 0.174. The summed E-state index contributed by atoms with van der Waals surface area (Å²) in [5, 5.41) is 11.9. The second-order valence-electron chi connectivity index (χ2n) is 3.77. The van der Waals surface area contributed by atoms with Gasteiger partial charge < -0.3 is 15.2 Å². The van der Waals surface area contributed by atoms with E-state index in [9.17, 15) is 0 Å². The van der Waals surface area contributed by atoms with Crippen LogP contribution in [-0.2, 0) is 6.54 Å². The summed E-state index contributed by atoms with van der Waals surface area (Å²) in [7, 11) is 1.92. The maximum Gasteiger partial charge on any atom is 0.119 e. The Morgan fingerprint density at radius 2 is 2.00 bits per heavy atom. The van der Waals surface area contributed by atoms with Crippen LogP contribution in [0, 0.1) is 5.92 Å². The van der Waals surface area contributed by atoms with Gasteiger partial charge in [-0.25, -0.2) is 0 Å². The second kappa shape index (κ2) is 6.43. The molecule has 0 spiro atoms. The second-order valence-corrected chi connectivity index (χ2v) is 3.77. The third kappa shape index (κ3) is 4.32. The summed E-state index contributed by atoms with van der Waals surface area (Å²) < 4.78 is 5.51. The third-order valence-electron chi connectivity index (χ3n) is 2.15. The minimum Gasteiger partial charge on any atom is -0.493 e. The fourth-order valence-corrected chi connectivity index (χ4v) is 1.20. The van der Waals surface area contributed by atoms with Crippen LogP contribution in [0.15, 0.2) is 24.3 Å². The van der Waals surface area contributed by atoms with Crippen molar-refractivity contribution in [3.63, 3.8) is 0 Å². The van der Waals surface area contributed by atoms with Crippen LogP contribution in [0.3, 0.4) is 0 Å². The summed E-state index contributed by atoms with van der Waals surface area (Å²) in [6.45, 7) is 3.54. The Morgan fingerprint density at radius 1 is 1.33 bits per heavy atom. The summed E-state index contributed by atoms with van der Waals surface area (Å²) in [5.74, 6) is 1.04. The van der Waals surface area contributed by atoms with Gasteiger partial charge in [0.1, 0.15) is 5.75 Å². The molecule has 0 saturated carbocycles. The highest BCUT2D eigenvalue weighted by Gasteiger charge is 2.01. The Bertz CT molecular complexity index is 271. The maximum absolute atomic E-state index is 8.84. The summed E-state index contributed by atoms with van der Waals surface area (Å²) in [6, 6.07) is 7.98. The molecule has 0 aromatic heterocycles. The highest BCUT2D eigenvalue weighted by molar-refractivity contribution is 5.27. The Balaban J connectivity index is 2.42. The molecular formula is C12H19NO2. The van der Waals surface area contributed by atoms with E-state index < -0.39 is 0 Å². The number of hydrogen-bond donors (Lipinski definition) is 2. The first kappa shape index (κ1) is 12.0. The van der Waals surface area contributed by atoms with Crippen LogP contribution in [0.2, 0.25) is 0 Å². The molecule has 0 fully saturated rings. The van der Waals surface area contributed by atoms with Crippen LogP contribution in [-0.4, -0.2) is 25.4 Å². The first-order valence-corrected chi connectivity index (χ1v) is 5.23. The third-order valence-corrected chi connectivity index (χ3v) is 2.15. The maximum atomic E-state index is 8.84. The van der Waals surface area contributed by atoms with Crippen molar-refractivity contribution in [1.82, 2.24) is 5.32 Å². The lowest BCUT2D eigenvalue weighted by Crippen LogP contribution is -2.12. The molecule has 15 heavy (non-hydrogen) atoms. The van der Waals surface area contributed by atoms with Crippen molar-refractivity contribution in [2.75, 3.05) is 20.3 Å². The Kier molecular flexibility index (Phi) is 5.15. The van der Waals surface area contributed by atoms with Gasteiger partial charge in [0.25, 0.3) is 0 Å². The molecule has 0 amide bonds. The van der Waals surface area contributed by atoms with Crippen LogP contribution in [0.1, 0.15) is 12.5 Å². The average Bonchev–Trinajstić information content (AvgIpc) is 2.28. The van der Waals surface area contributed by atoms with E-state index in [0.29, 0.717) is 6.61 Å². The van der Waals surface area contributed by atoms with E-state index >= 15 is 0 Å². The van der Waals surface area contributed by atoms with Gasteiger partial charge in [-0.3, -0.25) is 0 Å². The van der Waals surface area contributed by atoms with Crippen molar-refractivity contribution in [1.29, 1.82) is 0 Å². The van der Waals surface area contributed by atoms with Gasteiger partial charge in [-0.15, -0.1) is 0 Å². The zero-order chi connectivity index (χ0) is 11.1. The van der Waals surface area contributed by atoms with Crippen molar-refractivity contribution in [3.05, 3.63) is 29.8 Å². The summed E-state index contributed by atoms with van der Waals surface area (Å²) in [6.07, 6.45) is 0. The quantitative estimate of drug-likeness (QED) is 0.744. The molecule has 0 aliphatic rings. The molecule has 2 N–H and O–H groups in total. The largest absolute Gasteiger partial charge is 0.493 e. The number of aliphatic hydroxyl groups is 1. The Hall–Kier alpha value is -1.06. The molecule has 1 aromatic rings. The monoisotopic (exact) mass is 209 g/mol. The van der Waals surface area contributed by atoms with Crippen molar-refractivity contribution < 1.29 is 9.84 Å². The van der Waals surface area contributed by atoms with E-state index in [0.717, 1.165) is 12.3 Å². The summed E-state index contributed by atoms with van der Waals surface area (Å²) in [4.78, 5) is 0. The zero-order valence-electron chi connectivity index (χ0n) is 9.36. The molecule has 0 bridgehead atoms. The molecule has 84 valence electrons. The molecule has 0 saturated heterocycles. The smallest absolute Gasteiger partial charge is 0.119 e. The van der Waals surface area contributed by atoms with E-state index in [-0.39, 0.29) is 12.5 Å². The first-order valence-electron chi connectivity index (χ1n) is 5.23. The van der Waals surface area contributed by atoms with Crippen LogP contribution < -0.4 is 10.1 Å². The number of ether oxygens (including phenoxy) is 1. The molecule has 1 aromatic carbocycles. The lowest BCUT2D eigenvalue weighted by atomic mass is 10.2. The van der Waals surface area contributed by atoms with E-state index in [1.165, 1.54) is 5.56 Å². The van der Waals surface area contributed by atoms with Gasteiger partial charge in [0.05, 0.1) is 6.61 Å². The highest BCUT2D eigenvalue weighted by atomic mass is 16.5. The molecular weight excluding hydrogens is 190 g/mol. The van der Waals surface area contributed by atoms with Gasteiger partial charge in [0.15, 0.2) is 0 Å². The lowest BCUT2D eigenvalue weighted by Gasteiger charge is -2.10. The van der Waals surface area contributed by atoms with E-state index in [1.807, 2.05) is 38.2 Å². The van der Waals surface area contributed by atoms with Crippen LogP contribution in [0.5, 0.6) is 5.75 Å². The average molecular weight is 209 g/mol. The normalized spacial score (nSPS) is 12.5. The van der Waals surface area contributed by atoms with Gasteiger partial charge in [0.2, 0.25) is 0 Å². The first-order chi connectivity index (χ1) is 7.26. The summed E-state index contributed by atoms with van der Waals surface area (Å²) >= 11 is 0. The van der Waals surface area contributed by atoms with Gasteiger partial charge in [-0.1, -0.05) is 19.1 Å². The minimum absolute atomic E-state index is 0.165. The molecule has 1 unspecified atom stereocenters. The zero-order valence-corrected chi connectivity index (χ0v) is 9.36. The fourth-order valence-electron chi connectivity index (χ4n) is 1.20. The van der Waals surface area contributed by atoms with Crippen LogP contribution in [0.4, 0.5) is 0 Å². The van der Waals surface area contributed by atoms with Gasteiger partial charge in [-0.05, 0) is 24.7 Å². The van der Waals surface area contributed by atoms with Gasteiger partial charge in [-0.2, -0.15) is 0 Å². The fraction of sp³-hybridized carbons (Fsp3) is 0.500. The van der Waals surface area contributed by atoms with Gasteiger partial charge >= 0.3 is 0 Å². The number of benzene rings is 1. The molecule has 0 heterocycles. The van der Waals surface area contributed by atoms with E-state index in [4.69, 9.17) is 9.84 Å². The van der Waals surface area contributed by atoms with Gasteiger partial charge in [0, 0.05) is 19.1 Å². The van der Waals surface area contributed by atoms with Crippen molar-refractivity contribution in [3.8, 4) is 5.75 Å². The van der Waals surface area contributed by atoms with Crippen molar-refractivity contribution >= 4 is 0 Å². The SMILES string of the molecule is CNCc1ccc(OCC(C)CO)cc1. The highest BCUT2D eigenvalue weighted by Crippen LogP contribution is 2.12. The molecule has 3 heteroatoms. The molecule has 1 rings (SSSR count). The van der Waals surface area contributed by atoms with Crippen LogP contribution in [0.25, 0.3) is 0 Å². The standard InChI is InChI=1S/C12H19NO2/c1-10(8-14)9-15-12-5-3-11(4-6-12)7-13-2/h3-6,10,13-14H,7-9H2,1-2H3. The summed E-state index contributed by atoms with van der Waals surface area (Å²) in [5.41, 5.74) is 1.24. The Morgan fingerprint density at radius 3 is 2.53 bits per heavy atom. The van der Waals surface area contributed by atoms with E-state index in [2.05, 4.69) is 5.32 Å². The minimum atomic E-state index is 0.165.